The predicted octanol–water partition coefficient (Wildman–Crippen LogP) is 4.63. The highest BCUT2D eigenvalue weighted by atomic mass is 19.1. The van der Waals surface area contributed by atoms with Crippen LogP contribution in [0.4, 0.5) is 13.6 Å². The summed E-state index contributed by atoms with van der Waals surface area (Å²) in [6.45, 7) is 2.89. The molecule has 3 aromatic rings. The van der Waals surface area contributed by atoms with Gasteiger partial charge in [-0.15, -0.1) is 0 Å². The monoisotopic (exact) mass is 415 g/mol. The molecule has 1 saturated heterocycles. The number of aromatic nitrogens is 2. The fourth-order valence-electron chi connectivity index (χ4n) is 4.19. The van der Waals surface area contributed by atoms with Gasteiger partial charge in [0.25, 0.3) is 0 Å². The quantitative estimate of drug-likeness (QED) is 0.637. The molecule has 8 heteroatoms. The van der Waals surface area contributed by atoms with Crippen LogP contribution in [-0.2, 0) is 10.2 Å². The van der Waals surface area contributed by atoms with Gasteiger partial charge in [0.15, 0.2) is 0 Å². The minimum absolute atomic E-state index is 0.305. The summed E-state index contributed by atoms with van der Waals surface area (Å²) in [4.78, 5) is 12.7. The molecular weight excluding hydrogens is 392 g/mol. The van der Waals surface area contributed by atoms with Gasteiger partial charge in [-0.25, -0.2) is 13.6 Å². The molecule has 1 fully saturated rings. The second kappa shape index (κ2) is 8.02. The molecule has 1 aliphatic rings. The number of H-pyrrole nitrogens is 1. The van der Waals surface area contributed by atoms with E-state index >= 15 is 0 Å². The zero-order chi connectivity index (χ0) is 21.3. The summed E-state index contributed by atoms with van der Waals surface area (Å²) >= 11 is 0. The topological polar surface area (TPSA) is 78.4 Å². The Kier molecular flexibility index (Phi) is 5.42. The number of hydrogen-bond donors (Lipinski definition) is 2. The number of carboxylic acid groups (broad SMARTS) is 1. The van der Waals surface area contributed by atoms with Crippen molar-refractivity contribution >= 4 is 17.0 Å². The van der Waals surface area contributed by atoms with Crippen molar-refractivity contribution < 1.29 is 23.4 Å². The van der Waals surface area contributed by atoms with Crippen molar-refractivity contribution in [3.63, 3.8) is 0 Å². The third-order valence-electron chi connectivity index (χ3n) is 6.04. The third-order valence-corrected chi connectivity index (χ3v) is 6.04. The SMILES string of the molecule is CC(OCC1(c2ccc(F)cc2)CCN(C(=O)O)CC1)c1cc(F)cc2cn[nH]c12. The number of carbonyl (C=O) groups is 1. The molecule has 1 aromatic heterocycles. The zero-order valence-electron chi connectivity index (χ0n) is 16.6. The third kappa shape index (κ3) is 3.87. The van der Waals surface area contributed by atoms with Gasteiger partial charge in [0.05, 0.1) is 24.4 Å². The molecule has 6 nitrogen and oxygen atoms in total. The summed E-state index contributed by atoms with van der Waals surface area (Å²) in [5, 5.41) is 16.8. The van der Waals surface area contributed by atoms with Crippen molar-refractivity contribution in [3.8, 4) is 0 Å². The standard InChI is InChI=1S/C22H23F2N3O3/c1-14(19-11-18(24)10-15-12-25-26-20(15)19)30-13-22(16-2-4-17(23)5-3-16)6-8-27(9-7-22)21(28)29/h2-5,10-12,14H,6-9,13H2,1H3,(H,25,26)(H,28,29). The molecule has 4 rings (SSSR count). The summed E-state index contributed by atoms with van der Waals surface area (Å²) in [6, 6.07) is 9.12. The summed E-state index contributed by atoms with van der Waals surface area (Å²) < 4.78 is 33.7. The Balaban J connectivity index is 1.58. The van der Waals surface area contributed by atoms with Crippen LogP contribution in [0.25, 0.3) is 10.9 Å². The Morgan fingerprint density at radius 1 is 1.23 bits per heavy atom. The summed E-state index contributed by atoms with van der Waals surface area (Å²) in [5.74, 6) is -0.690. The first kappa shape index (κ1) is 20.3. The van der Waals surface area contributed by atoms with Crippen molar-refractivity contribution in [2.45, 2.75) is 31.3 Å². The number of piperidine rings is 1. The van der Waals surface area contributed by atoms with Gasteiger partial charge in [0.2, 0.25) is 0 Å². The number of nitrogens with one attached hydrogen (secondary N) is 1. The van der Waals surface area contributed by atoms with Gasteiger partial charge in [0, 0.05) is 29.5 Å². The molecule has 0 saturated carbocycles. The van der Waals surface area contributed by atoms with E-state index in [1.54, 1.807) is 18.3 Å². The van der Waals surface area contributed by atoms with Crippen molar-refractivity contribution in [2.75, 3.05) is 19.7 Å². The summed E-state index contributed by atoms with van der Waals surface area (Å²) in [6.07, 6.45) is 1.31. The highest BCUT2D eigenvalue weighted by Gasteiger charge is 2.38. The minimum atomic E-state index is -0.946. The van der Waals surface area contributed by atoms with Crippen LogP contribution in [0.5, 0.6) is 0 Å². The Hall–Kier alpha value is -3.00. The lowest BCUT2D eigenvalue weighted by Gasteiger charge is -2.41. The minimum Gasteiger partial charge on any atom is -0.465 e. The highest BCUT2D eigenvalue weighted by molar-refractivity contribution is 5.81. The maximum atomic E-state index is 14.0. The van der Waals surface area contributed by atoms with E-state index in [1.807, 2.05) is 6.92 Å². The van der Waals surface area contributed by atoms with Gasteiger partial charge in [-0.3, -0.25) is 5.10 Å². The predicted molar refractivity (Wildman–Crippen MR) is 107 cm³/mol. The number of halogens is 2. The van der Waals surface area contributed by atoms with Crippen LogP contribution < -0.4 is 0 Å². The smallest absolute Gasteiger partial charge is 0.407 e. The van der Waals surface area contributed by atoms with Gasteiger partial charge < -0.3 is 14.7 Å². The average molecular weight is 415 g/mol. The van der Waals surface area contributed by atoms with Gasteiger partial charge >= 0.3 is 6.09 Å². The largest absolute Gasteiger partial charge is 0.465 e. The molecule has 0 bridgehead atoms. The first-order valence-corrected chi connectivity index (χ1v) is 9.86. The molecule has 1 amide bonds. The Bertz CT molecular complexity index is 1040. The van der Waals surface area contributed by atoms with Gasteiger partial charge in [0.1, 0.15) is 11.6 Å². The fourth-order valence-corrected chi connectivity index (χ4v) is 4.19. The van der Waals surface area contributed by atoms with Crippen LogP contribution >= 0.6 is 0 Å². The number of amides is 1. The van der Waals surface area contributed by atoms with E-state index < -0.39 is 17.6 Å². The molecule has 2 heterocycles. The number of benzene rings is 2. The second-order valence-corrected chi connectivity index (χ2v) is 7.84. The number of likely N-dealkylation sites (tertiary alicyclic amines) is 1. The first-order valence-electron chi connectivity index (χ1n) is 9.86. The number of ether oxygens (including phenoxy) is 1. The highest BCUT2D eigenvalue weighted by Crippen LogP contribution is 2.38. The molecule has 158 valence electrons. The first-order chi connectivity index (χ1) is 14.4. The van der Waals surface area contributed by atoms with Crippen molar-refractivity contribution in [1.29, 1.82) is 0 Å². The number of nitrogens with zero attached hydrogens (tertiary/aromatic N) is 2. The number of fused-ring (bicyclic) bond motifs is 1. The van der Waals surface area contributed by atoms with Crippen LogP contribution in [0, 0.1) is 11.6 Å². The lowest BCUT2D eigenvalue weighted by molar-refractivity contribution is 0.00547. The van der Waals surface area contributed by atoms with Crippen LogP contribution in [-0.4, -0.2) is 46.0 Å². The van der Waals surface area contributed by atoms with E-state index in [1.165, 1.54) is 29.2 Å². The molecular formula is C22H23F2N3O3. The molecule has 2 N–H and O–H groups in total. The number of rotatable bonds is 5. The summed E-state index contributed by atoms with van der Waals surface area (Å²) in [5.41, 5.74) is 1.85. The van der Waals surface area contributed by atoms with E-state index in [0.717, 1.165) is 11.1 Å². The zero-order valence-corrected chi connectivity index (χ0v) is 16.6. The molecule has 0 aliphatic carbocycles. The molecule has 0 spiro atoms. The van der Waals surface area contributed by atoms with Crippen molar-refractivity contribution in [3.05, 3.63) is 65.4 Å². The molecule has 0 radical (unpaired) electrons. The van der Waals surface area contributed by atoms with Crippen LogP contribution in [0.1, 0.15) is 37.0 Å². The maximum Gasteiger partial charge on any atom is 0.407 e. The Labute approximate surface area is 172 Å². The lowest BCUT2D eigenvalue weighted by atomic mass is 9.73. The normalized spacial score (nSPS) is 17.2. The molecule has 1 aliphatic heterocycles. The van der Waals surface area contributed by atoms with E-state index in [4.69, 9.17) is 4.74 Å². The summed E-state index contributed by atoms with van der Waals surface area (Å²) in [7, 11) is 0. The molecule has 30 heavy (non-hydrogen) atoms. The van der Waals surface area contributed by atoms with E-state index in [9.17, 15) is 18.7 Å². The maximum absolute atomic E-state index is 14.0. The molecule has 2 aromatic carbocycles. The van der Waals surface area contributed by atoms with E-state index in [2.05, 4.69) is 10.2 Å². The van der Waals surface area contributed by atoms with Crippen molar-refractivity contribution in [2.24, 2.45) is 0 Å². The Morgan fingerprint density at radius 3 is 2.60 bits per heavy atom. The second-order valence-electron chi connectivity index (χ2n) is 7.84. The Morgan fingerprint density at radius 2 is 1.93 bits per heavy atom. The fraction of sp³-hybridized carbons (Fsp3) is 0.364. The van der Waals surface area contributed by atoms with Crippen LogP contribution in [0.15, 0.2) is 42.6 Å². The van der Waals surface area contributed by atoms with Gasteiger partial charge in [-0.05, 0) is 49.6 Å². The van der Waals surface area contributed by atoms with Crippen molar-refractivity contribution in [1.82, 2.24) is 15.1 Å². The number of hydrogen-bond acceptors (Lipinski definition) is 3. The molecule has 1 atom stereocenters. The van der Waals surface area contributed by atoms with Gasteiger partial charge in [-0.2, -0.15) is 5.10 Å². The number of aromatic amines is 1. The molecule has 1 unspecified atom stereocenters. The van der Waals surface area contributed by atoms with E-state index in [-0.39, 0.29) is 11.6 Å². The van der Waals surface area contributed by atoms with Crippen LogP contribution in [0.2, 0.25) is 0 Å². The van der Waals surface area contributed by atoms with E-state index in [0.29, 0.717) is 43.5 Å². The van der Waals surface area contributed by atoms with Gasteiger partial charge in [-0.1, -0.05) is 12.1 Å². The average Bonchev–Trinajstić information content (AvgIpc) is 3.20. The van der Waals surface area contributed by atoms with Crippen LogP contribution in [0.3, 0.4) is 0 Å². The lowest BCUT2D eigenvalue weighted by Crippen LogP contribution is -2.47.